The molecule has 0 bridgehead atoms. The van der Waals surface area contributed by atoms with Crippen LogP contribution in [0.1, 0.15) is 34.2 Å². The summed E-state index contributed by atoms with van der Waals surface area (Å²) in [5, 5.41) is 2.14. The predicted octanol–water partition coefficient (Wildman–Crippen LogP) is 2.36. The summed E-state index contributed by atoms with van der Waals surface area (Å²) < 4.78 is 5.73. The molecule has 34 heavy (non-hydrogen) atoms. The minimum absolute atomic E-state index is 0.0405. The molecule has 2 aromatic heterocycles. The van der Waals surface area contributed by atoms with Gasteiger partial charge in [-0.05, 0) is 53.6 Å². The molecule has 1 aromatic carbocycles. The summed E-state index contributed by atoms with van der Waals surface area (Å²) in [7, 11) is 7.10. The fourth-order valence-electron chi connectivity index (χ4n) is 3.74. The first-order chi connectivity index (χ1) is 16.2. The topological polar surface area (TPSA) is 97.6 Å². The molecule has 10 heteroatoms. The number of pyridine rings is 1. The zero-order valence-corrected chi connectivity index (χ0v) is 21.7. The van der Waals surface area contributed by atoms with Gasteiger partial charge in [-0.2, -0.15) is 0 Å². The van der Waals surface area contributed by atoms with Crippen molar-refractivity contribution in [2.75, 3.05) is 18.6 Å². The Morgan fingerprint density at radius 1 is 1.21 bits per heavy atom. The lowest BCUT2D eigenvalue weighted by Crippen LogP contribution is -2.35. The second-order valence-electron chi connectivity index (χ2n) is 8.02. The van der Waals surface area contributed by atoms with Crippen LogP contribution in [-0.4, -0.2) is 46.1 Å². The minimum atomic E-state index is -0.708. The summed E-state index contributed by atoms with van der Waals surface area (Å²) >= 11 is 0. The Kier molecular flexibility index (Phi) is 6.83. The number of ether oxygens (including phenoxy) is 1. The first-order valence-electron chi connectivity index (χ1n) is 10.7. The van der Waals surface area contributed by atoms with Gasteiger partial charge < -0.3 is 4.74 Å². The van der Waals surface area contributed by atoms with Crippen molar-refractivity contribution >= 4 is 52.4 Å². The molecule has 0 aliphatic carbocycles. The Balaban J connectivity index is 1.69. The van der Waals surface area contributed by atoms with Crippen LogP contribution in [0.2, 0.25) is 0 Å². The monoisotopic (exact) mass is 493 g/mol. The van der Waals surface area contributed by atoms with Gasteiger partial charge in [0.2, 0.25) is 5.82 Å². The maximum absolute atomic E-state index is 13.0. The van der Waals surface area contributed by atoms with Crippen molar-refractivity contribution in [2.24, 2.45) is 4.99 Å². The smallest absolute Gasteiger partial charge is 0.315 e. The highest BCUT2D eigenvalue weighted by Gasteiger charge is 2.28. The first kappa shape index (κ1) is 24.1. The molecule has 2 amide bonds. The number of anilines is 1. The molecule has 0 fully saturated rings. The predicted molar refractivity (Wildman–Crippen MR) is 140 cm³/mol. The SMILES string of the molecule is CCc1c(P)ccc(-c2nc(C(=O)/N=C3\COc4cc(C)cnc4N(C)C3=O)ncc2C)c1P. The third-order valence-corrected chi connectivity index (χ3v) is 6.81. The Morgan fingerprint density at radius 2 is 1.97 bits per heavy atom. The third kappa shape index (κ3) is 4.48. The number of amides is 2. The Bertz CT molecular complexity index is 1360. The highest BCUT2D eigenvalue weighted by Crippen LogP contribution is 2.28. The van der Waals surface area contributed by atoms with E-state index < -0.39 is 11.8 Å². The normalized spacial score (nSPS) is 14.6. The molecule has 3 heterocycles. The van der Waals surface area contributed by atoms with Gasteiger partial charge in [0.15, 0.2) is 11.6 Å². The number of aromatic nitrogens is 3. The summed E-state index contributed by atoms with van der Waals surface area (Å²) in [5.41, 5.74) is 4.42. The molecule has 0 saturated carbocycles. The fraction of sp³-hybridized carbons (Fsp3) is 0.250. The van der Waals surface area contributed by atoms with E-state index in [0.29, 0.717) is 17.3 Å². The summed E-state index contributed by atoms with van der Waals surface area (Å²) in [6.45, 7) is 5.71. The quantitative estimate of drug-likeness (QED) is 0.520. The number of carbonyl (C=O) groups excluding carboxylic acids is 2. The van der Waals surface area contributed by atoms with Crippen molar-refractivity contribution in [3.05, 3.63) is 53.1 Å². The molecule has 3 aromatic rings. The molecule has 0 N–H and O–H groups in total. The third-order valence-electron chi connectivity index (χ3n) is 5.60. The van der Waals surface area contributed by atoms with Crippen molar-refractivity contribution in [3.63, 3.8) is 0 Å². The molecule has 4 rings (SSSR count). The van der Waals surface area contributed by atoms with Crippen molar-refractivity contribution < 1.29 is 14.3 Å². The van der Waals surface area contributed by atoms with E-state index in [4.69, 9.17) is 4.74 Å². The Hall–Kier alpha value is -3.08. The van der Waals surface area contributed by atoms with Crippen LogP contribution in [0.3, 0.4) is 0 Å². The molecule has 0 spiro atoms. The van der Waals surface area contributed by atoms with Crippen LogP contribution in [0.4, 0.5) is 5.82 Å². The molecule has 2 atom stereocenters. The van der Waals surface area contributed by atoms with Crippen LogP contribution in [0.15, 0.2) is 35.6 Å². The minimum Gasteiger partial charge on any atom is -0.483 e. The van der Waals surface area contributed by atoms with E-state index >= 15 is 0 Å². The standard InChI is InChI=1S/C24H25N5O3P2/c1-5-14-18(33)7-6-15(20(14)34)19-13(3)10-25-21(28-19)23(30)27-16-11-32-17-8-12(2)9-26-22(17)29(4)24(16)31/h6-10H,5,11,33-34H2,1-4H3/b27-16+. The van der Waals surface area contributed by atoms with Crippen LogP contribution >= 0.6 is 18.5 Å². The second-order valence-corrected chi connectivity index (χ2v) is 9.22. The number of carbonyl (C=O) groups is 2. The molecule has 174 valence electrons. The zero-order valence-electron chi connectivity index (χ0n) is 19.4. The van der Waals surface area contributed by atoms with Crippen molar-refractivity contribution in [2.45, 2.75) is 27.2 Å². The van der Waals surface area contributed by atoms with E-state index in [2.05, 4.69) is 45.3 Å². The number of nitrogens with zero attached hydrogens (tertiary/aromatic N) is 5. The van der Waals surface area contributed by atoms with E-state index in [-0.39, 0.29) is 18.1 Å². The molecular weight excluding hydrogens is 468 g/mol. The lowest BCUT2D eigenvalue weighted by Gasteiger charge is -2.15. The van der Waals surface area contributed by atoms with E-state index in [1.54, 1.807) is 25.5 Å². The van der Waals surface area contributed by atoms with Crippen LogP contribution in [0.25, 0.3) is 11.3 Å². The average Bonchev–Trinajstić information content (AvgIpc) is 2.92. The number of hydrogen-bond acceptors (Lipinski definition) is 6. The average molecular weight is 493 g/mol. The van der Waals surface area contributed by atoms with E-state index in [1.165, 1.54) is 10.5 Å². The van der Waals surface area contributed by atoms with Gasteiger partial charge in [-0.1, -0.05) is 19.1 Å². The first-order valence-corrected chi connectivity index (χ1v) is 11.9. The van der Waals surface area contributed by atoms with Gasteiger partial charge in [-0.15, -0.1) is 18.5 Å². The maximum atomic E-state index is 13.0. The summed E-state index contributed by atoms with van der Waals surface area (Å²) in [6.07, 6.45) is 4.11. The fourth-order valence-corrected chi connectivity index (χ4v) is 4.97. The highest BCUT2D eigenvalue weighted by atomic mass is 31.0. The summed E-state index contributed by atoms with van der Waals surface area (Å²) in [4.78, 5) is 44.3. The Morgan fingerprint density at radius 3 is 2.71 bits per heavy atom. The molecule has 1 aliphatic heterocycles. The summed E-state index contributed by atoms with van der Waals surface area (Å²) in [5.74, 6) is -0.428. The number of aliphatic imine (C=N–C) groups is 1. The van der Waals surface area contributed by atoms with Gasteiger partial charge in [0.25, 0.3) is 5.91 Å². The van der Waals surface area contributed by atoms with E-state index in [9.17, 15) is 9.59 Å². The van der Waals surface area contributed by atoms with Gasteiger partial charge in [-0.25, -0.2) is 19.9 Å². The number of benzene rings is 1. The van der Waals surface area contributed by atoms with Crippen LogP contribution < -0.4 is 20.2 Å². The number of rotatable bonds is 3. The lowest BCUT2D eigenvalue weighted by atomic mass is 10.0. The van der Waals surface area contributed by atoms with Gasteiger partial charge in [-0.3, -0.25) is 14.5 Å². The van der Waals surface area contributed by atoms with Crippen LogP contribution in [0, 0.1) is 13.8 Å². The van der Waals surface area contributed by atoms with Crippen molar-refractivity contribution in [1.29, 1.82) is 0 Å². The number of aryl methyl sites for hydroxylation is 2. The van der Waals surface area contributed by atoms with Gasteiger partial charge >= 0.3 is 5.91 Å². The molecule has 8 nitrogen and oxygen atoms in total. The largest absolute Gasteiger partial charge is 0.483 e. The lowest BCUT2D eigenvalue weighted by molar-refractivity contribution is -0.112. The van der Waals surface area contributed by atoms with Crippen LogP contribution in [-0.2, 0) is 11.2 Å². The second kappa shape index (κ2) is 9.65. The molecule has 2 unspecified atom stereocenters. The Labute approximate surface area is 202 Å². The van der Waals surface area contributed by atoms with Gasteiger partial charge in [0.1, 0.15) is 12.3 Å². The highest BCUT2D eigenvalue weighted by molar-refractivity contribution is 7.30. The summed E-state index contributed by atoms with van der Waals surface area (Å²) in [6, 6.07) is 5.78. The molecular formula is C24H25N5O3P2. The molecule has 0 saturated heterocycles. The maximum Gasteiger partial charge on any atom is 0.315 e. The number of hydrogen-bond donors (Lipinski definition) is 0. The van der Waals surface area contributed by atoms with Gasteiger partial charge in [0.05, 0.1) is 5.69 Å². The van der Waals surface area contributed by atoms with Gasteiger partial charge in [0, 0.05) is 25.0 Å². The van der Waals surface area contributed by atoms with Crippen LogP contribution in [0.5, 0.6) is 5.75 Å². The van der Waals surface area contributed by atoms with E-state index in [0.717, 1.165) is 33.7 Å². The van der Waals surface area contributed by atoms with E-state index in [1.807, 2.05) is 26.0 Å². The van der Waals surface area contributed by atoms with Crippen molar-refractivity contribution in [1.82, 2.24) is 15.0 Å². The molecule has 0 radical (unpaired) electrons. The zero-order chi connectivity index (χ0) is 24.6. The van der Waals surface area contributed by atoms with Crippen molar-refractivity contribution in [3.8, 4) is 17.0 Å². The number of fused-ring (bicyclic) bond motifs is 1. The molecule has 1 aliphatic rings.